The van der Waals surface area contributed by atoms with E-state index in [1.54, 1.807) is 18.3 Å². The molecule has 0 unspecified atom stereocenters. The minimum absolute atomic E-state index is 0.0150. The molecule has 0 bridgehead atoms. The van der Waals surface area contributed by atoms with Crippen LogP contribution in [0.1, 0.15) is 15.9 Å². The highest BCUT2D eigenvalue weighted by Crippen LogP contribution is 2.20. The van der Waals surface area contributed by atoms with Crippen molar-refractivity contribution in [3.05, 3.63) is 53.7 Å². The molecule has 1 amide bonds. The van der Waals surface area contributed by atoms with Crippen molar-refractivity contribution in [2.24, 2.45) is 0 Å². The van der Waals surface area contributed by atoms with Crippen LogP contribution in [0.3, 0.4) is 0 Å². The number of piperazine rings is 1. The summed E-state index contributed by atoms with van der Waals surface area (Å²) >= 11 is 0. The Morgan fingerprint density at radius 2 is 1.91 bits per heavy atom. The highest BCUT2D eigenvalue weighted by atomic mass is 16.5. The van der Waals surface area contributed by atoms with E-state index in [4.69, 9.17) is 4.74 Å². The average Bonchev–Trinajstić information content (AvgIpc) is 2.61. The summed E-state index contributed by atoms with van der Waals surface area (Å²) in [6.07, 6.45) is 1.63. The van der Waals surface area contributed by atoms with Gasteiger partial charge in [0.15, 0.2) is 0 Å². The molecule has 1 aliphatic rings. The van der Waals surface area contributed by atoms with Gasteiger partial charge in [0.1, 0.15) is 5.56 Å². The summed E-state index contributed by atoms with van der Waals surface area (Å²) in [6.45, 7) is 5.16. The van der Waals surface area contributed by atoms with E-state index in [0.29, 0.717) is 24.5 Å². The topological polar surface area (TPSA) is 45.7 Å². The van der Waals surface area contributed by atoms with Crippen molar-refractivity contribution in [2.45, 2.75) is 6.92 Å². The molecule has 1 aliphatic heterocycles. The van der Waals surface area contributed by atoms with Crippen LogP contribution < -0.4 is 9.64 Å². The maximum Gasteiger partial charge on any atom is 0.259 e. The van der Waals surface area contributed by atoms with Gasteiger partial charge in [-0.05, 0) is 36.8 Å². The third kappa shape index (κ3) is 3.28. The summed E-state index contributed by atoms with van der Waals surface area (Å²) in [4.78, 5) is 21.0. The van der Waals surface area contributed by atoms with Gasteiger partial charge in [-0.2, -0.15) is 0 Å². The normalized spacial score (nSPS) is 14.7. The number of hydrogen-bond acceptors (Lipinski definition) is 4. The third-order valence-electron chi connectivity index (χ3n) is 4.13. The fourth-order valence-electron chi connectivity index (χ4n) is 2.88. The van der Waals surface area contributed by atoms with E-state index in [2.05, 4.69) is 41.1 Å². The van der Waals surface area contributed by atoms with E-state index >= 15 is 0 Å². The van der Waals surface area contributed by atoms with Gasteiger partial charge in [0.25, 0.3) is 5.91 Å². The zero-order valence-electron chi connectivity index (χ0n) is 13.5. The first-order valence-corrected chi connectivity index (χ1v) is 7.79. The molecule has 0 aliphatic carbocycles. The van der Waals surface area contributed by atoms with Crippen LogP contribution in [0.25, 0.3) is 0 Å². The van der Waals surface area contributed by atoms with Gasteiger partial charge in [-0.3, -0.25) is 4.79 Å². The van der Waals surface area contributed by atoms with Crippen LogP contribution in [-0.2, 0) is 0 Å². The SMILES string of the molecule is COc1ncccc1C(=O)N1CCN(c2cccc(C)c2)CC1. The smallest absolute Gasteiger partial charge is 0.259 e. The average molecular weight is 311 g/mol. The Hall–Kier alpha value is -2.56. The van der Waals surface area contributed by atoms with Gasteiger partial charge in [-0.25, -0.2) is 4.98 Å². The van der Waals surface area contributed by atoms with Crippen molar-refractivity contribution >= 4 is 11.6 Å². The number of methoxy groups -OCH3 is 1. The number of benzene rings is 1. The molecule has 120 valence electrons. The molecular formula is C18H21N3O2. The van der Waals surface area contributed by atoms with Crippen LogP contribution in [0.5, 0.6) is 5.88 Å². The van der Waals surface area contributed by atoms with E-state index in [9.17, 15) is 4.79 Å². The van der Waals surface area contributed by atoms with Crippen LogP contribution >= 0.6 is 0 Å². The first-order chi connectivity index (χ1) is 11.2. The number of aromatic nitrogens is 1. The highest BCUT2D eigenvalue weighted by molar-refractivity contribution is 5.96. The quantitative estimate of drug-likeness (QED) is 0.873. The highest BCUT2D eigenvalue weighted by Gasteiger charge is 2.24. The Bertz CT molecular complexity index is 694. The van der Waals surface area contributed by atoms with Gasteiger partial charge >= 0.3 is 0 Å². The third-order valence-corrected chi connectivity index (χ3v) is 4.13. The number of rotatable bonds is 3. The molecule has 3 rings (SSSR count). The minimum Gasteiger partial charge on any atom is -0.480 e. The minimum atomic E-state index is -0.0150. The lowest BCUT2D eigenvalue weighted by Gasteiger charge is -2.36. The van der Waals surface area contributed by atoms with E-state index in [1.807, 2.05) is 4.90 Å². The second kappa shape index (κ2) is 6.69. The Labute approximate surface area is 136 Å². The molecule has 1 saturated heterocycles. The largest absolute Gasteiger partial charge is 0.480 e. The summed E-state index contributed by atoms with van der Waals surface area (Å²) in [7, 11) is 1.54. The van der Waals surface area contributed by atoms with Crippen molar-refractivity contribution < 1.29 is 9.53 Å². The molecule has 1 fully saturated rings. The Balaban J connectivity index is 1.68. The number of aryl methyl sites for hydroxylation is 1. The second-order valence-corrected chi connectivity index (χ2v) is 5.68. The fourth-order valence-corrected chi connectivity index (χ4v) is 2.88. The van der Waals surface area contributed by atoms with Crippen molar-refractivity contribution in [3.63, 3.8) is 0 Å². The molecule has 2 aromatic rings. The molecule has 2 heterocycles. The Kier molecular flexibility index (Phi) is 4.46. The number of anilines is 1. The van der Waals surface area contributed by atoms with E-state index < -0.39 is 0 Å². The van der Waals surface area contributed by atoms with Gasteiger partial charge in [-0.15, -0.1) is 0 Å². The number of nitrogens with zero attached hydrogens (tertiary/aromatic N) is 3. The van der Waals surface area contributed by atoms with Crippen LogP contribution in [0.2, 0.25) is 0 Å². The van der Waals surface area contributed by atoms with Crippen LogP contribution in [-0.4, -0.2) is 49.1 Å². The van der Waals surface area contributed by atoms with Gasteiger partial charge < -0.3 is 14.5 Å². The van der Waals surface area contributed by atoms with E-state index in [-0.39, 0.29) is 5.91 Å². The molecule has 1 aromatic carbocycles. The molecule has 0 spiro atoms. The van der Waals surface area contributed by atoms with Gasteiger partial charge in [-0.1, -0.05) is 12.1 Å². The lowest BCUT2D eigenvalue weighted by molar-refractivity contribution is 0.0742. The van der Waals surface area contributed by atoms with Crippen LogP contribution in [0, 0.1) is 6.92 Å². The second-order valence-electron chi connectivity index (χ2n) is 5.68. The van der Waals surface area contributed by atoms with Crippen molar-refractivity contribution in [2.75, 3.05) is 38.2 Å². The monoisotopic (exact) mass is 311 g/mol. The maximum absolute atomic E-state index is 12.7. The summed E-state index contributed by atoms with van der Waals surface area (Å²) in [5, 5.41) is 0. The zero-order chi connectivity index (χ0) is 16.2. The Morgan fingerprint density at radius 3 is 2.61 bits per heavy atom. The number of amides is 1. The molecule has 1 aromatic heterocycles. The summed E-state index contributed by atoms with van der Waals surface area (Å²) in [5.74, 6) is 0.373. The van der Waals surface area contributed by atoms with Gasteiger partial charge in [0.2, 0.25) is 5.88 Å². The van der Waals surface area contributed by atoms with Crippen LogP contribution in [0.4, 0.5) is 5.69 Å². The molecule has 5 nitrogen and oxygen atoms in total. The first-order valence-electron chi connectivity index (χ1n) is 7.79. The molecule has 0 N–H and O–H groups in total. The lowest BCUT2D eigenvalue weighted by atomic mass is 10.1. The van der Waals surface area contributed by atoms with Gasteiger partial charge in [0, 0.05) is 38.1 Å². The predicted molar refractivity (Wildman–Crippen MR) is 90.1 cm³/mol. The van der Waals surface area contributed by atoms with Gasteiger partial charge in [0.05, 0.1) is 7.11 Å². The number of carbonyl (C=O) groups excluding carboxylic acids is 1. The summed E-state index contributed by atoms with van der Waals surface area (Å²) in [5.41, 5.74) is 3.00. The number of ether oxygens (including phenoxy) is 1. The molecular weight excluding hydrogens is 290 g/mol. The molecule has 23 heavy (non-hydrogen) atoms. The maximum atomic E-state index is 12.7. The van der Waals surface area contributed by atoms with Crippen LogP contribution in [0.15, 0.2) is 42.6 Å². The molecule has 0 atom stereocenters. The zero-order valence-corrected chi connectivity index (χ0v) is 13.5. The summed E-state index contributed by atoms with van der Waals surface area (Å²) < 4.78 is 5.19. The Morgan fingerprint density at radius 1 is 1.13 bits per heavy atom. The molecule has 5 heteroatoms. The molecule has 0 saturated carbocycles. The number of carbonyl (C=O) groups is 1. The van der Waals surface area contributed by atoms with E-state index in [1.165, 1.54) is 18.4 Å². The predicted octanol–water partition coefficient (Wildman–Crippen LogP) is 2.36. The standard InChI is InChI=1S/C18H21N3O2/c1-14-5-3-6-15(13-14)20-9-11-21(12-10-20)18(22)16-7-4-8-19-17(16)23-2/h3-8,13H,9-12H2,1-2H3. The van der Waals surface area contributed by atoms with Crippen molar-refractivity contribution in [1.29, 1.82) is 0 Å². The van der Waals surface area contributed by atoms with E-state index in [0.717, 1.165) is 13.1 Å². The molecule has 0 radical (unpaired) electrons. The summed E-state index contributed by atoms with van der Waals surface area (Å²) in [6, 6.07) is 12.0. The lowest BCUT2D eigenvalue weighted by Crippen LogP contribution is -2.48. The first kappa shape index (κ1) is 15.3. The van der Waals surface area contributed by atoms with Crippen molar-refractivity contribution in [1.82, 2.24) is 9.88 Å². The fraction of sp³-hybridized carbons (Fsp3) is 0.333. The number of pyridine rings is 1. The number of hydrogen-bond donors (Lipinski definition) is 0. The van der Waals surface area contributed by atoms with Crippen molar-refractivity contribution in [3.8, 4) is 5.88 Å².